The fraction of sp³-hybridized carbons (Fsp3) is 0.429. The van der Waals surface area contributed by atoms with E-state index in [0.29, 0.717) is 13.2 Å². The Labute approximate surface area is 142 Å². The van der Waals surface area contributed by atoms with Crippen LogP contribution in [0.15, 0.2) is 23.7 Å². The van der Waals surface area contributed by atoms with Crippen molar-refractivity contribution >= 4 is 11.9 Å². The maximum Gasteiger partial charge on any atom is 0.513 e. The van der Waals surface area contributed by atoms with Crippen LogP contribution in [0.1, 0.15) is 27.7 Å². The van der Waals surface area contributed by atoms with Gasteiger partial charge in [-0.1, -0.05) is 0 Å². The third-order valence-electron chi connectivity index (χ3n) is 1.25. The summed E-state index contributed by atoms with van der Waals surface area (Å²) in [7, 11) is 0. The van der Waals surface area contributed by atoms with Crippen LogP contribution in [0.4, 0.5) is 0 Å². The fourth-order valence-electron chi connectivity index (χ4n) is 0.736. The standard InChI is InChI=1S/2C6H10O3.2CH3.Ti/c2*1-3-9-6(8)4-5(2)7;;;/h2*4,7H,3H2,1-2H3;2*1H3;/q;;2*-1;/p+2. The van der Waals surface area contributed by atoms with Crippen molar-refractivity contribution in [1.82, 2.24) is 0 Å². The summed E-state index contributed by atoms with van der Waals surface area (Å²) in [5.74, 6) is -0.447. The second-order valence-corrected chi connectivity index (χ2v) is 3.11. The Kier molecular flexibility index (Phi) is 32.0. The predicted molar refractivity (Wildman–Crippen MR) is 82.7 cm³/mol. The molecule has 0 saturated heterocycles. The number of allylic oxidation sites excluding steroid dienone is 2. The van der Waals surface area contributed by atoms with E-state index in [0.717, 1.165) is 12.2 Å². The summed E-state index contributed by atoms with van der Waals surface area (Å²) in [5, 5.41) is 17.1. The molecular weight excluding hydrogens is 312 g/mol. The average Bonchev–Trinajstić information content (AvgIpc) is 2.16. The molecule has 124 valence electrons. The van der Waals surface area contributed by atoms with E-state index in [-0.39, 0.29) is 60.0 Å². The number of rotatable bonds is 4. The molecule has 0 amide bonds. The third-order valence-corrected chi connectivity index (χ3v) is 1.25. The monoisotopic (exact) mass is 340 g/mol. The first-order valence-corrected chi connectivity index (χ1v) is 5.45. The second kappa shape index (κ2) is 21.0. The van der Waals surface area contributed by atoms with Gasteiger partial charge in [0.2, 0.25) is 0 Å². The molecule has 0 aliphatic carbocycles. The molecule has 0 fully saturated rings. The second-order valence-electron chi connectivity index (χ2n) is 3.11. The van der Waals surface area contributed by atoms with Crippen LogP contribution in [-0.4, -0.2) is 45.0 Å². The van der Waals surface area contributed by atoms with Crippen LogP contribution in [0.25, 0.3) is 0 Å². The molecular formula is C14H28O6Ti. The van der Waals surface area contributed by atoms with E-state index in [2.05, 4.69) is 9.47 Å². The Bertz CT molecular complexity index is 283. The number of aliphatic hydroxyl groups excluding tert-OH is 2. The molecule has 0 aromatic rings. The maximum atomic E-state index is 8.68. The summed E-state index contributed by atoms with van der Waals surface area (Å²) >= 11 is 0. The van der Waals surface area contributed by atoms with E-state index in [1.807, 2.05) is 0 Å². The normalized spacial score (nSPS) is 9.52. The minimum Gasteiger partial charge on any atom is -0.512 e. The van der Waals surface area contributed by atoms with Crippen molar-refractivity contribution in [2.45, 2.75) is 27.7 Å². The first kappa shape index (κ1) is 31.9. The molecule has 0 aliphatic rings. The number of esters is 2. The molecule has 0 aromatic carbocycles. The molecule has 21 heavy (non-hydrogen) atoms. The molecule has 6 nitrogen and oxygen atoms in total. The summed E-state index contributed by atoms with van der Waals surface area (Å²) in [4.78, 5) is 17.4. The summed E-state index contributed by atoms with van der Waals surface area (Å²) in [6.45, 7) is 7.20. The van der Waals surface area contributed by atoms with Crippen molar-refractivity contribution in [3.8, 4) is 0 Å². The number of aliphatic hydroxyl groups is 2. The Hall–Kier alpha value is -1.27. The summed E-state index contributed by atoms with van der Waals surface area (Å²) < 4.78 is 9.18. The van der Waals surface area contributed by atoms with Gasteiger partial charge < -0.3 is 44.1 Å². The van der Waals surface area contributed by atoms with E-state index in [4.69, 9.17) is 19.8 Å². The van der Waals surface area contributed by atoms with Crippen molar-refractivity contribution in [1.29, 1.82) is 0 Å². The van der Waals surface area contributed by atoms with E-state index in [1.165, 1.54) is 13.8 Å². The van der Waals surface area contributed by atoms with E-state index in [1.54, 1.807) is 13.8 Å². The number of hydrogen-bond donors (Lipinski definition) is 2. The molecule has 0 aliphatic heterocycles. The van der Waals surface area contributed by atoms with Gasteiger partial charge in [0.15, 0.2) is 13.2 Å². The van der Waals surface area contributed by atoms with Crippen LogP contribution >= 0.6 is 0 Å². The van der Waals surface area contributed by atoms with Gasteiger partial charge in [0.05, 0.1) is 0 Å². The zero-order valence-corrected chi connectivity index (χ0v) is 15.2. The molecule has 0 atom stereocenters. The molecule has 0 unspecified atom stereocenters. The molecule has 0 heterocycles. The largest absolute Gasteiger partial charge is 0.513 e. The minimum atomic E-state index is -0.252. The third kappa shape index (κ3) is 32.4. The Morgan fingerprint density at radius 2 is 1.10 bits per heavy atom. The molecule has 0 rings (SSSR count). The average molecular weight is 340 g/mol. The maximum absolute atomic E-state index is 8.68. The first-order valence-electron chi connectivity index (χ1n) is 5.45. The first-order chi connectivity index (χ1) is 8.33. The SMILES string of the molecule is CCOC(=[OH+])C=C(C)O.CCOC(=[OH+])C=C(C)O.[CH3-].[CH3-].[Ti]. The van der Waals surface area contributed by atoms with E-state index < -0.39 is 0 Å². The summed E-state index contributed by atoms with van der Waals surface area (Å²) in [6, 6.07) is 0. The van der Waals surface area contributed by atoms with Crippen molar-refractivity contribution in [3.63, 3.8) is 0 Å². The molecule has 0 aromatic heterocycles. The quantitative estimate of drug-likeness (QED) is 0.205. The van der Waals surface area contributed by atoms with Crippen molar-refractivity contribution in [2.24, 2.45) is 0 Å². The van der Waals surface area contributed by atoms with Crippen LogP contribution in [0.3, 0.4) is 0 Å². The Balaban J connectivity index is -0.0000000711. The van der Waals surface area contributed by atoms with Gasteiger partial charge in [0.1, 0.15) is 23.7 Å². The Morgan fingerprint density at radius 3 is 1.24 bits per heavy atom. The molecule has 0 saturated carbocycles. The topological polar surface area (TPSA) is 102 Å². The molecule has 0 bridgehead atoms. The smallest absolute Gasteiger partial charge is 0.512 e. The zero-order chi connectivity index (χ0) is 14.6. The summed E-state index contributed by atoms with van der Waals surface area (Å²) in [6.07, 6.45) is 2.28. The van der Waals surface area contributed by atoms with Crippen LogP contribution in [0, 0.1) is 14.9 Å². The molecule has 0 radical (unpaired) electrons. The van der Waals surface area contributed by atoms with Gasteiger partial charge in [-0.05, 0) is 27.7 Å². The van der Waals surface area contributed by atoms with E-state index in [9.17, 15) is 0 Å². The number of ether oxygens (including phenoxy) is 2. The van der Waals surface area contributed by atoms with Gasteiger partial charge >= 0.3 is 11.9 Å². The van der Waals surface area contributed by atoms with Crippen molar-refractivity contribution in [2.75, 3.05) is 13.2 Å². The number of hydrogen-bond acceptors (Lipinski definition) is 4. The predicted octanol–water partition coefficient (Wildman–Crippen LogP) is 2.87. The van der Waals surface area contributed by atoms with Crippen LogP contribution in [0.2, 0.25) is 0 Å². The minimum absolute atomic E-state index is 0. The van der Waals surface area contributed by atoms with Crippen LogP contribution in [0.5, 0.6) is 0 Å². The zero-order valence-electron chi connectivity index (χ0n) is 13.7. The van der Waals surface area contributed by atoms with Gasteiger partial charge in [0, 0.05) is 21.7 Å². The molecule has 4 N–H and O–H groups in total. The molecule has 0 spiro atoms. The van der Waals surface area contributed by atoms with Gasteiger partial charge in [-0.3, -0.25) is 0 Å². The Morgan fingerprint density at radius 1 is 0.857 bits per heavy atom. The summed E-state index contributed by atoms with van der Waals surface area (Å²) in [5.41, 5.74) is 0. The van der Waals surface area contributed by atoms with E-state index >= 15 is 0 Å². The van der Waals surface area contributed by atoms with Gasteiger partial charge in [0.25, 0.3) is 0 Å². The molecule has 7 heteroatoms. The van der Waals surface area contributed by atoms with Crippen molar-refractivity contribution < 1.29 is 51.0 Å². The van der Waals surface area contributed by atoms with Crippen LogP contribution < -0.4 is 0 Å². The van der Waals surface area contributed by atoms with Gasteiger partial charge in [-0.2, -0.15) is 0 Å². The number of carbonyl (C=O) groups excluding carboxylic acids is 2. The van der Waals surface area contributed by atoms with Gasteiger partial charge in [-0.25, -0.2) is 0 Å². The fourth-order valence-corrected chi connectivity index (χ4v) is 0.736. The van der Waals surface area contributed by atoms with Gasteiger partial charge in [-0.15, -0.1) is 0 Å². The van der Waals surface area contributed by atoms with Crippen molar-refractivity contribution in [3.05, 3.63) is 38.5 Å². The van der Waals surface area contributed by atoms with Crippen LogP contribution in [-0.2, 0) is 31.2 Å².